The van der Waals surface area contributed by atoms with Gasteiger partial charge in [0, 0.05) is 24.8 Å². The molecule has 7 heteroatoms. The molecule has 4 nitrogen and oxygen atoms in total. The zero-order chi connectivity index (χ0) is 15.0. The quantitative estimate of drug-likeness (QED) is 0.909. The summed E-state index contributed by atoms with van der Waals surface area (Å²) in [4.78, 5) is 17.8. The minimum Gasteiger partial charge on any atom is -0.348 e. The van der Waals surface area contributed by atoms with E-state index in [1.54, 1.807) is 0 Å². The molecule has 3 rings (SSSR count). The molecule has 2 atom stereocenters. The number of pyridine rings is 1. The molecule has 1 aromatic heterocycles. The van der Waals surface area contributed by atoms with Gasteiger partial charge in [-0.3, -0.25) is 14.7 Å². The predicted molar refractivity (Wildman–Crippen MR) is 69.7 cm³/mol. The molecule has 0 unspecified atom stereocenters. The first kappa shape index (κ1) is 14.3. The predicted octanol–water partition coefficient (Wildman–Crippen LogP) is 2.07. The molecule has 2 aliphatic heterocycles. The Morgan fingerprint density at radius 2 is 2.10 bits per heavy atom. The Morgan fingerprint density at radius 1 is 1.29 bits per heavy atom. The lowest BCUT2D eigenvalue weighted by molar-refractivity contribution is -0.141. The largest absolute Gasteiger partial charge is 0.433 e. The van der Waals surface area contributed by atoms with Crippen LogP contribution in [0.2, 0.25) is 0 Å². The van der Waals surface area contributed by atoms with Crippen LogP contribution in [0.1, 0.15) is 35.3 Å². The summed E-state index contributed by atoms with van der Waals surface area (Å²) in [5, 5.41) is 2.92. The van der Waals surface area contributed by atoms with Crippen LogP contribution in [-0.4, -0.2) is 41.0 Å². The van der Waals surface area contributed by atoms with E-state index in [-0.39, 0.29) is 17.5 Å². The molecule has 3 heterocycles. The third-order valence-electron chi connectivity index (χ3n) is 4.24. The number of carbonyl (C=O) groups excluding carboxylic acids is 1. The van der Waals surface area contributed by atoms with Crippen LogP contribution in [0, 0.1) is 0 Å². The average molecular weight is 299 g/mol. The standard InChI is InChI=1S/C14H16F3N3O/c15-14(16,17)12-4-3-9(8-18-12)13(21)19-10-5-7-20-6-1-2-11(10)20/h3-4,8,10-11H,1-2,5-7H2,(H,19,21)/t10-,11-/m0/s1. The van der Waals surface area contributed by atoms with Gasteiger partial charge in [0.1, 0.15) is 5.69 Å². The lowest BCUT2D eigenvalue weighted by atomic mass is 10.1. The van der Waals surface area contributed by atoms with Gasteiger partial charge in [0.2, 0.25) is 0 Å². The molecule has 21 heavy (non-hydrogen) atoms. The van der Waals surface area contributed by atoms with Gasteiger partial charge >= 0.3 is 6.18 Å². The summed E-state index contributed by atoms with van der Waals surface area (Å²) < 4.78 is 37.3. The molecular formula is C14H16F3N3O. The van der Waals surface area contributed by atoms with E-state index in [0.29, 0.717) is 6.04 Å². The number of hydrogen-bond acceptors (Lipinski definition) is 3. The van der Waals surface area contributed by atoms with Crippen molar-refractivity contribution in [1.29, 1.82) is 0 Å². The Kier molecular flexibility index (Phi) is 3.61. The van der Waals surface area contributed by atoms with E-state index in [1.165, 1.54) is 6.07 Å². The number of fused-ring (bicyclic) bond motifs is 1. The van der Waals surface area contributed by atoms with Gasteiger partial charge in [-0.2, -0.15) is 13.2 Å². The second-order valence-corrected chi connectivity index (χ2v) is 5.54. The molecule has 2 fully saturated rings. The number of carbonyl (C=O) groups is 1. The van der Waals surface area contributed by atoms with Gasteiger partial charge < -0.3 is 5.32 Å². The number of nitrogens with zero attached hydrogens (tertiary/aromatic N) is 2. The normalized spacial score (nSPS) is 25.9. The van der Waals surface area contributed by atoms with Gasteiger partial charge in [-0.25, -0.2) is 0 Å². The second kappa shape index (κ2) is 5.29. The number of hydrogen-bond donors (Lipinski definition) is 1. The number of alkyl halides is 3. The molecule has 0 aromatic carbocycles. The van der Waals surface area contributed by atoms with Crippen LogP contribution in [0.5, 0.6) is 0 Å². The second-order valence-electron chi connectivity index (χ2n) is 5.54. The summed E-state index contributed by atoms with van der Waals surface area (Å²) >= 11 is 0. The van der Waals surface area contributed by atoms with Crippen molar-refractivity contribution in [3.05, 3.63) is 29.6 Å². The molecule has 2 aliphatic rings. The number of nitrogens with one attached hydrogen (secondary N) is 1. The topological polar surface area (TPSA) is 45.2 Å². The molecule has 0 bridgehead atoms. The number of amides is 1. The lowest BCUT2D eigenvalue weighted by Gasteiger charge is -2.21. The highest BCUT2D eigenvalue weighted by Gasteiger charge is 2.38. The lowest BCUT2D eigenvalue weighted by Crippen LogP contribution is -2.42. The Hall–Kier alpha value is -1.63. The maximum Gasteiger partial charge on any atom is 0.433 e. The van der Waals surface area contributed by atoms with E-state index < -0.39 is 11.9 Å². The highest BCUT2D eigenvalue weighted by atomic mass is 19.4. The highest BCUT2D eigenvalue weighted by Crippen LogP contribution is 2.29. The third-order valence-corrected chi connectivity index (χ3v) is 4.24. The fraction of sp³-hybridized carbons (Fsp3) is 0.571. The Balaban J connectivity index is 1.65. The van der Waals surface area contributed by atoms with Crippen molar-refractivity contribution >= 4 is 5.91 Å². The molecule has 0 radical (unpaired) electrons. The fourth-order valence-electron chi connectivity index (χ4n) is 3.20. The summed E-state index contributed by atoms with van der Waals surface area (Å²) in [5.41, 5.74) is -0.818. The molecule has 1 N–H and O–H groups in total. The Morgan fingerprint density at radius 3 is 2.76 bits per heavy atom. The van der Waals surface area contributed by atoms with Crippen LogP contribution in [0.4, 0.5) is 13.2 Å². The van der Waals surface area contributed by atoms with Crippen molar-refractivity contribution in [2.24, 2.45) is 0 Å². The Labute approximate surface area is 120 Å². The van der Waals surface area contributed by atoms with Crippen molar-refractivity contribution in [2.75, 3.05) is 13.1 Å². The first-order valence-corrected chi connectivity index (χ1v) is 7.03. The van der Waals surface area contributed by atoms with E-state index in [2.05, 4.69) is 15.2 Å². The van der Waals surface area contributed by atoms with E-state index in [4.69, 9.17) is 0 Å². The molecule has 114 valence electrons. The van der Waals surface area contributed by atoms with Crippen molar-refractivity contribution in [3.8, 4) is 0 Å². The van der Waals surface area contributed by atoms with Crippen LogP contribution in [0.3, 0.4) is 0 Å². The van der Waals surface area contributed by atoms with Crippen LogP contribution >= 0.6 is 0 Å². The number of aromatic nitrogens is 1. The first-order valence-electron chi connectivity index (χ1n) is 7.03. The van der Waals surface area contributed by atoms with Crippen LogP contribution in [-0.2, 0) is 6.18 Å². The van der Waals surface area contributed by atoms with E-state index in [9.17, 15) is 18.0 Å². The van der Waals surface area contributed by atoms with Gasteiger partial charge in [-0.1, -0.05) is 0 Å². The Bertz CT molecular complexity index is 529. The third kappa shape index (κ3) is 2.88. The molecular weight excluding hydrogens is 283 g/mol. The smallest absolute Gasteiger partial charge is 0.348 e. The highest BCUT2D eigenvalue weighted by molar-refractivity contribution is 5.94. The summed E-state index contributed by atoms with van der Waals surface area (Å²) in [6.07, 6.45) is -0.399. The zero-order valence-electron chi connectivity index (χ0n) is 11.4. The fourth-order valence-corrected chi connectivity index (χ4v) is 3.20. The van der Waals surface area contributed by atoms with Crippen molar-refractivity contribution in [3.63, 3.8) is 0 Å². The van der Waals surface area contributed by atoms with Gasteiger partial charge in [0.15, 0.2) is 0 Å². The molecule has 1 aromatic rings. The van der Waals surface area contributed by atoms with E-state index >= 15 is 0 Å². The summed E-state index contributed by atoms with van der Waals surface area (Å²) in [6, 6.07) is 2.47. The molecule has 0 aliphatic carbocycles. The summed E-state index contributed by atoms with van der Waals surface area (Å²) in [6.45, 7) is 2.04. The monoisotopic (exact) mass is 299 g/mol. The molecule has 0 spiro atoms. The van der Waals surface area contributed by atoms with Crippen molar-refractivity contribution < 1.29 is 18.0 Å². The van der Waals surface area contributed by atoms with Gasteiger partial charge in [-0.15, -0.1) is 0 Å². The van der Waals surface area contributed by atoms with Crippen molar-refractivity contribution in [1.82, 2.24) is 15.2 Å². The zero-order valence-corrected chi connectivity index (χ0v) is 11.4. The van der Waals surface area contributed by atoms with Crippen molar-refractivity contribution in [2.45, 2.75) is 37.5 Å². The minimum atomic E-state index is -4.48. The number of rotatable bonds is 2. The number of halogens is 3. The first-order chi connectivity index (χ1) is 9.95. The molecule has 2 saturated heterocycles. The average Bonchev–Trinajstić information content (AvgIpc) is 3.03. The maximum atomic E-state index is 12.4. The van der Waals surface area contributed by atoms with Crippen LogP contribution < -0.4 is 5.32 Å². The van der Waals surface area contributed by atoms with Crippen LogP contribution in [0.15, 0.2) is 18.3 Å². The molecule has 1 amide bonds. The van der Waals surface area contributed by atoms with E-state index in [0.717, 1.165) is 44.6 Å². The SMILES string of the molecule is O=C(N[C@H]1CCN2CCC[C@@H]12)c1ccc(C(F)(F)F)nc1. The van der Waals surface area contributed by atoms with E-state index in [1.807, 2.05) is 0 Å². The van der Waals surface area contributed by atoms with Gasteiger partial charge in [0.25, 0.3) is 5.91 Å². The summed E-state index contributed by atoms with van der Waals surface area (Å²) in [5.74, 6) is -0.352. The van der Waals surface area contributed by atoms with Gasteiger partial charge in [0.05, 0.1) is 5.56 Å². The minimum absolute atomic E-state index is 0.0855. The summed E-state index contributed by atoms with van der Waals surface area (Å²) in [7, 11) is 0. The molecule has 0 saturated carbocycles. The van der Waals surface area contributed by atoms with Gasteiger partial charge in [-0.05, 0) is 37.9 Å². The van der Waals surface area contributed by atoms with Crippen LogP contribution in [0.25, 0.3) is 0 Å². The maximum absolute atomic E-state index is 12.4.